The van der Waals surface area contributed by atoms with E-state index in [4.69, 9.17) is 32.9 Å². The van der Waals surface area contributed by atoms with E-state index < -0.39 is 29.8 Å². The van der Waals surface area contributed by atoms with E-state index in [1.165, 1.54) is 11.0 Å². The number of benzene rings is 2. The summed E-state index contributed by atoms with van der Waals surface area (Å²) in [5, 5.41) is 1.54. The van der Waals surface area contributed by atoms with Gasteiger partial charge in [0.1, 0.15) is 23.8 Å². The molecular formula is C34H37ClF3N7O2S. The lowest BCUT2D eigenvalue weighted by Gasteiger charge is -2.41. The van der Waals surface area contributed by atoms with Crippen LogP contribution in [0.3, 0.4) is 0 Å². The Morgan fingerprint density at radius 2 is 1.92 bits per heavy atom. The largest absolute Gasteiger partial charge is 0.463 e. The van der Waals surface area contributed by atoms with Gasteiger partial charge in [-0.2, -0.15) is 23.5 Å². The summed E-state index contributed by atoms with van der Waals surface area (Å²) >= 11 is 6.49. The van der Waals surface area contributed by atoms with Crippen LogP contribution in [0.2, 0.25) is 5.02 Å². The van der Waals surface area contributed by atoms with Crippen molar-refractivity contribution in [1.82, 2.24) is 19.8 Å². The third kappa shape index (κ3) is 6.62. The van der Waals surface area contributed by atoms with Gasteiger partial charge in [0.2, 0.25) is 6.54 Å². The molecule has 2 saturated heterocycles. The van der Waals surface area contributed by atoms with Crippen molar-refractivity contribution in [1.29, 1.82) is 0 Å². The molecular weight excluding hydrogens is 663 g/mol. The number of hydrogen-bond donors (Lipinski definition) is 0. The van der Waals surface area contributed by atoms with Crippen LogP contribution in [0.5, 0.6) is 6.01 Å². The number of piperazine rings is 1. The summed E-state index contributed by atoms with van der Waals surface area (Å²) in [5.41, 5.74) is 2.43. The van der Waals surface area contributed by atoms with Crippen molar-refractivity contribution >= 4 is 53.3 Å². The first-order valence-corrected chi connectivity index (χ1v) is 16.3. The fourth-order valence-electron chi connectivity index (χ4n) is 7.06. The molecule has 0 radical (unpaired) electrons. The van der Waals surface area contributed by atoms with Crippen molar-refractivity contribution in [3.8, 4) is 6.01 Å². The minimum absolute atomic E-state index is 0. The van der Waals surface area contributed by atoms with E-state index >= 15 is 0 Å². The van der Waals surface area contributed by atoms with Gasteiger partial charge in [0.05, 0.1) is 23.9 Å². The predicted molar refractivity (Wildman–Crippen MR) is 184 cm³/mol. The molecule has 1 amide bonds. The standard InChI is InChI=1S/C34H35ClF3N7O2.H2S/c1-21(36)32(46)45-13-12-44(17-24(45)14-39-2)31-25-8-11-43(28-5-3-4-22-6-7-26(38)30(35)29(22)28)18-27(25)40-33(41-31)47-20-34(9-10-34)19-42-15-23(37)16-42;/h3-7,23-24H,1,8-20H2;1H2/t24-;/m0./s1. The highest BCUT2D eigenvalue weighted by Crippen LogP contribution is 2.47. The molecule has 3 fully saturated rings. The molecule has 1 saturated carbocycles. The van der Waals surface area contributed by atoms with Crippen LogP contribution in [0.4, 0.5) is 24.7 Å². The normalized spacial score (nSPS) is 20.4. The molecule has 0 N–H and O–H groups in total. The molecule has 1 aromatic heterocycles. The average molecular weight is 700 g/mol. The number of aromatic nitrogens is 2. The number of amides is 1. The van der Waals surface area contributed by atoms with Crippen molar-refractivity contribution in [3.05, 3.63) is 76.3 Å². The van der Waals surface area contributed by atoms with Crippen LogP contribution in [0.15, 0.2) is 42.7 Å². The third-order valence-corrected chi connectivity index (χ3v) is 10.2. The Hall–Kier alpha value is -3.73. The molecule has 0 spiro atoms. The molecule has 3 aliphatic heterocycles. The molecule has 9 nitrogen and oxygen atoms in total. The summed E-state index contributed by atoms with van der Waals surface area (Å²) in [5.74, 6) is -1.67. The lowest BCUT2D eigenvalue weighted by molar-refractivity contribution is -0.131. The fourth-order valence-corrected chi connectivity index (χ4v) is 7.33. The molecule has 1 aliphatic carbocycles. The number of likely N-dealkylation sites (tertiary alicyclic amines) is 1. The summed E-state index contributed by atoms with van der Waals surface area (Å²) < 4.78 is 48.2. The van der Waals surface area contributed by atoms with Gasteiger partial charge >= 0.3 is 6.01 Å². The van der Waals surface area contributed by atoms with Gasteiger partial charge in [-0.25, -0.2) is 19.7 Å². The number of carbonyl (C=O) groups is 1. The molecule has 4 aliphatic rings. The third-order valence-electron chi connectivity index (χ3n) is 9.79. The van der Waals surface area contributed by atoms with Gasteiger partial charge in [0, 0.05) is 67.9 Å². The van der Waals surface area contributed by atoms with Crippen LogP contribution in [-0.4, -0.2) is 96.9 Å². The van der Waals surface area contributed by atoms with E-state index in [-0.39, 0.29) is 49.6 Å². The van der Waals surface area contributed by atoms with Crippen molar-refractivity contribution in [2.24, 2.45) is 5.41 Å². The second-order valence-electron chi connectivity index (χ2n) is 13.1. The lowest BCUT2D eigenvalue weighted by atomic mass is 10.0. The van der Waals surface area contributed by atoms with Crippen molar-refractivity contribution in [2.45, 2.75) is 38.0 Å². The second-order valence-corrected chi connectivity index (χ2v) is 13.5. The summed E-state index contributed by atoms with van der Waals surface area (Å²) in [6.45, 7) is 14.6. The first-order valence-electron chi connectivity index (χ1n) is 15.9. The van der Waals surface area contributed by atoms with Crippen LogP contribution >= 0.6 is 25.1 Å². The highest BCUT2D eigenvalue weighted by Gasteiger charge is 2.47. The Labute approximate surface area is 289 Å². The number of fused-ring (bicyclic) bond motifs is 2. The number of carbonyl (C=O) groups excluding carboxylic acids is 1. The average Bonchev–Trinajstić information content (AvgIpc) is 3.83. The Kier molecular flexibility index (Phi) is 9.71. The molecule has 7 rings (SSSR count). The topological polar surface area (TPSA) is 69.4 Å². The fraction of sp³-hybridized carbons (Fsp3) is 0.471. The molecule has 254 valence electrons. The van der Waals surface area contributed by atoms with Crippen molar-refractivity contribution in [2.75, 3.05) is 68.8 Å². The second kappa shape index (κ2) is 13.6. The molecule has 3 aromatic rings. The zero-order chi connectivity index (χ0) is 32.9. The lowest BCUT2D eigenvalue weighted by Crippen LogP contribution is -2.57. The summed E-state index contributed by atoms with van der Waals surface area (Å²) in [4.78, 5) is 33.5. The van der Waals surface area contributed by atoms with Gasteiger partial charge in [-0.15, -0.1) is 0 Å². The first kappa shape index (κ1) is 34.1. The monoisotopic (exact) mass is 699 g/mol. The molecule has 1 atom stereocenters. The van der Waals surface area contributed by atoms with Gasteiger partial charge in [-0.05, 0) is 36.8 Å². The first-order chi connectivity index (χ1) is 22.6. The number of nitrogens with zero attached hydrogens (tertiary/aromatic N) is 7. The Morgan fingerprint density at radius 1 is 1.12 bits per heavy atom. The van der Waals surface area contributed by atoms with Crippen LogP contribution in [0.25, 0.3) is 15.6 Å². The van der Waals surface area contributed by atoms with Crippen LogP contribution < -0.4 is 14.5 Å². The van der Waals surface area contributed by atoms with Gasteiger partial charge in [0.15, 0.2) is 5.83 Å². The molecule has 2 aromatic carbocycles. The van der Waals surface area contributed by atoms with Crippen molar-refractivity contribution < 1.29 is 22.7 Å². The minimum atomic E-state index is -1.05. The van der Waals surface area contributed by atoms with Gasteiger partial charge in [0.25, 0.3) is 5.91 Å². The maximum absolute atomic E-state index is 14.6. The molecule has 14 heteroatoms. The number of hydrogen-bond acceptors (Lipinski definition) is 7. The number of halogens is 4. The van der Waals surface area contributed by atoms with E-state index in [1.807, 2.05) is 23.1 Å². The Bertz CT molecular complexity index is 1780. The van der Waals surface area contributed by atoms with Crippen LogP contribution in [0, 0.1) is 17.8 Å². The van der Waals surface area contributed by atoms with Gasteiger partial charge < -0.3 is 24.3 Å². The molecule has 0 bridgehead atoms. The van der Waals surface area contributed by atoms with E-state index in [9.17, 15) is 18.0 Å². The summed E-state index contributed by atoms with van der Waals surface area (Å²) in [6, 6.07) is 8.51. The van der Waals surface area contributed by atoms with Crippen LogP contribution in [-0.2, 0) is 17.8 Å². The van der Waals surface area contributed by atoms with Crippen molar-refractivity contribution in [3.63, 3.8) is 0 Å². The van der Waals surface area contributed by atoms with E-state index in [2.05, 4.69) is 21.2 Å². The van der Waals surface area contributed by atoms with Crippen LogP contribution in [0.1, 0.15) is 24.1 Å². The molecule has 48 heavy (non-hydrogen) atoms. The number of alkyl halides is 1. The molecule has 4 heterocycles. The SMILES string of the molecule is S.[C-]#[N+]C[C@H]1CN(c2nc(OCC3(CN4CC(F)C4)CC3)nc3c2CCN(c2cccc4ccc(F)c(Cl)c24)C3)CCN1C(=O)C(=C)F. The summed E-state index contributed by atoms with van der Waals surface area (Å²) in [6.07, 6.45) is 1.78. The predicted octanol–water partition coefficient (Wildman–Crippen LogP) is 5.33. The minimum Gasteiger partial charge on any atom is -0.463 e. The number of rotatable bonds is 9. The highest BCUT2D eigenvalue weighted by molar-refractivity contribution is 7.59. The Morgan fingerprint density at radius 3 is 2.62 bits per heavy atom. The number of ether oxygens (including phenoxy) is 1. The number of anilines is 2. The maximum Gasteiger partial charge on any atom is 0.318 e. The smallest absolute Gasteiger partial charge is 0.318 e. The maximum atomic E-state index is 14.6. The van der Waals surface area contributed by atoms with E-state index in [0.29, 0.717) is 57.0 Å². The van der Waals surface area contributed by atoms with Gasteiger partial charge in [-0.3, -0.25) is 9.69 Å². The van der Waals surface area contributed by atoms with E-state index in [1.54, 1.807) is 6.07 Å². The highest BCUT2D eigenvalue weighted by atomic mass is 35.5. The van der Waals surface area contributed by atoms with E-state index in [0.717, 1.165) is 41.7 Å². The molecule has 0 unspecified atom stereocenters. The zero-order valence-corrected chi connectivity index (χ0v) is 28.2. The van der Waals surface area contributed by atoms with Gasteiger partial charge in [-0.1, -0.05) is 36.4 Å². The Balaban J connectivity index is 0.00000401. The summed E-state index contributed by atoms with van der Waals surface area (Å²) in [7, 11) is 0. The zero-order valence-electron chi connectivity index (χ0n) is 26.4. The quantitative estimate of drug-likeness (QED) is 0.221.